The third-order valence-corrected chi connectivity index (χ3v) is 12.7. The monoisotopic (exact) mass is 812 g/mol. The van der Waals surface area contributed by atoms with Gasteiger partial charge in [0.2, 0.25) is 0 Å². The van der Waals surface area contributed by atoms with Gasteiger partial charge >= 0.3 is 5.97 Å². The fourth-order valence-corrected chi connectivity index (χ4v) is 9.69. The third kappa shape index (κ3) is 10.9. The number of aliphatic hydroxyl groups is 4. The lowest BCUT2D eigenvalue weighted by molar-refractivity contribution is -0.131. The topological polar surface area (TPSA) is 257 Å². The van der Waals surface area contributed by atoms with Gasteiger partial charge in [0, 0.05) is 37.3 Å². The summed E-state index contributed by atoms with van der Waals surface area (Å²) in [6.07, 6.45) is 12.5. The predicted molar refractivity (Wildman–Crippen MR) is 227 cm³/mol. The van der Waals surface area contributed by atoms with Gasteiger partial charge in [-0.15, -0.1) is 0 Å². The van der Waals surface area contributed by atoms with Crippen LogP contribution in [0.15, 0.2) is 77.5 Å². The number of hydrogen-bond donors (Lipinski definition) is 10. The molecule has 2 heterocycles. The number of aldehydes is 2. The molecule has 1 aromatic heterocycles. The number of aliphatic carboxylic acids is 1. The van der Waals surface area contributed by atoms with E-state index in [2.05, 4.69) is 57.0 Å². The molecule has 0 unspecified atom stereocenters. The molecule has 11 atom stereocenters. The van der Waals surface area contributed by atoms with Crippen LogP contribution in [0.25, 0.3) is 10.8 Å². The van der Waals surface area contributed by atoms with E-state index in [0.717, 1.165) is 48.2 Å². The van der Waals surface area contributed by atoms with Crippen LogP contribution in [0.1, 0.15) is 74.0 Å². The second-order valence-corrected chi connectivity index (χ2v) is 16.6. The summed E-state index contributed by atoms with van der Waals surface area (Å²) in [5.74, 6) is -0.338. The van der Waals surface area contributed by atoms with Crippen LogP contribution in [0.4, 0.5) is 5.82 Å². The predicted octanol–water partition coefficient (Wildman–Crippen LogP) is 3.08. The van der Waals surface area contributed by atoms with E-state index in [1.807, 2.05) is 18.2 Å². The number of aliphatic imine (C=N–C) groups is 1. The van der Waals surface area contributed by atoms with Crippen LogP contribution in [0, 0.1) is 23.7 Å². The normalized spacial score (nSPS) is 25.2. The highest BCUT2D eigenvalue weighted by atomic mass is 16.4. The number of hydrogen-bond acceptors (Lipinski definition) is 12. The number of aliphatic hydroxyl groups excluding tert-OH is 4. The number of fused-ring (bicyclic) bond motifs is 5. The van der Waals surface area contributed by atoms with E-state index >= 15 is 0 Å². The number of benzene rings is 2. The van der Waals surface area contributed by atoms with Crippen LogP contribution in [0.2, 0.25) is 0 Å². The van der Waals surface area contributed by atoms with Gasteiger partial charge < -0.3 is 62.2 Å². The van der Waals surface area contributed by atoms with Crippen molar-refractivity contribution in [2.45, 2.75) is 107 Å². The van der Waals surface area contributed by atoms with Crippen LogP contribution in [0.3, 0.4) is 0 Å². The fourth-order valence-electron chi connectivity index (χ4n) is 9.69. The molecule has 2 aromatic carbocycles. The summed E-state index contributed by atoms with van der Waals surface area (Å²) in [5, 5.41) is 59.0. The molecule has 3 aromatic rings. The number of carboxylic acids is 1. The maximum absolute atomic E-state index is 12.6. The van der Waals surface area contributed by atoms with E-state index in [1.54, 1.807) is 6.20 Å². The maximum atomic E-state index is 12.6. The number of guanidine groups is 1. The molecular weight excluding hydrogens is 753 g/mol. The standard InChI is InChI=1S/C45H60N6O8/c46-33(11-6-27(24-54)3-2-15-52)12-10-28-8-9-30-19-32-18-29-7-5-26(13-16-53)17-31(29)20-34(32)43(28)35(30)21-37(49-41-4-1-14-48-41)36(22-42(57)58)38-23-39(51-45(47)50-38)44(59)40(56)25-55/h1,4-5,7-9,14,16-18,20,22,24,27-28,30,33,35,37-40,43-44,48-49,52,55-56,59H,2-3,6,10-13,15,19,21,23,25,46H2,(H,57,58)(H3,47,50,51)/b36-22-/t27-,28-,30-,33-,35+,37-,38+,39-,40-,43+,44+/m1/s1. The lowest BCUT2D eigenvalue weighted by atomic mass is 9.58. The number of aromatic amines is 1. The minimum absolute atomic E-state index is 0.0122. The zero-order valence-corrected chi connectivity index (χ0v) is 33.4. The number of allylic oxidation sites excluding steroid dienone is 2. The summed E-state index contributed by atoms with van der Waals surface area (Å²) in [6, 6.07) is 12.1. The molecule has 318 valence electrons. The van der Waals surface area contributed by atoms with Crippen molar-refractivity contribution in [1.29, 1.82) is 0 Å². The summed E-state index contributed by atoms with van der Waals surface area (Å²) < 4.78 is 0. The Morgan fingerprint density at radius 2 is 1.86 bits per heavy atom. The smallest absolute Gasteiger partial charge is 0.328 e. The number of carbonyl (C=O) groups is 3. The fraction of sp³-hybridized carbons (Fsp3) is 0.511. The average molecular weight is 813 g/mol. The number of anilines is 1. The van der Waals surface area contributed by atoms with E-state index < -0.39 is 42.9 Å². The Kier molecular flexibility index (Phi) is 15.1. The van der Waals surface area contributed by atoms with Gasteiger partial charge in [-0.2, -0.15) is 0 Å². The van der Waals surface area contributed by atoms with E-state index in [-0.39, 0.29) is 54.6 Å². The van der Waals surface area contributed by atoms with Gasteiger partial charge in [0.1, 0.15) is 30.6 Å². The molecule has 2 bridgehead atoms. The Hall–Kier alpha value is -4.86. The molecule has 2 aliphatic carbocycles. The summed E-state index contributed by atoms with van der Waals surface area (Å²) in [6.45, 7) is -0.616. The molecule has 3 aliphatic rings. The summed E-state index contributed by atoms with van der Waals surface area (Å²) in [5.41, 5.74) is 16.9. The average Bonchev–Trinajstić information content (AvgIpc) is 3.74. The quantitative estimate of drug-likeness (QED) is 0.0399. The molecule has 0 fully saturated rings. The first kappa shape index (κ1) is 43.7. The molecule has 1 aliphatic heterocycles. The first-order chi connectivity index (χ1) is 28.5. The highest BCUT2D eigenvalue weighted by molar-refractivity contribution is 5.86. The number of aromatic nitrogens is 1. The van der Waals surface area contributed by atoms with Crippen LogP contribution in [-0.4, -0.2) is 105 Å². The van der Waals surface area contributed by atoms with Crippen molar-refractivity contribution >= 4 is 41.1 Å². The molecule has 0 saturated carbocycles. The van der Waals surface area contributed by atoms with Gasteiger partial charge in [0.05, 0.1) is 24.7 Å². The Bertz CT molecular complexity index is 1980. The Labute approximate surface area is 344 Å². The van der Waals surface area contributed by atoms with Crippen molar-refractivity contribution in [3.8, 4) is 0 Å². The third-order valence-electron chi connectivity index (χ3n) is 12.7. The van der Waals surface area contributed by atoms with Crippen molar-refractivity contribution < 1.29 is 39.9 Å². The number of nitrogens with two attached hydrogens (primary N) is 2. The minimum atomic E-state index is -1.44. The molecule has 0 spiro atoms. The van der Waals surface area contributed by atoms with E-state index in [9.17, 15) is 39.9 Å². The van der Waals surface area contributed by atoms with Gasteiger partial charge in [0.25, 0.3) is 0 Å². The molecule has 0 amide bonds. The van der Waals surface area contributed by atoms with Gasteiger partial charge in [-0.05, 0) is 127 Å². The summed E-state index contributed by atoms with van der Waals surface area (Å²) in [4.78, 5) is 43.6. The van der Waals surface area contributed by atoms with Gasteiger partial charge in [-0.3, -0.25) is 0 Å². The van der Waals surface area contributed by atoms with Crippen molar-refractivity contribution in [2.75, 3.05) is 18.5 Å². The molecule has 6 rings (SSSR count). The Balaban J connectivity index is 1.37. The van der Waals surface area contributed by atoms with Crippen molar-refractivity contribution in [3.63, 3.8) is 0 Å². The lowest BCUT2D eigenvalue weighted by Crippen LogP contribution is -2.56. The van der Waals surface area contributed by atoms with Gasteiger partial charge in [0.15, 0.2) is 5.96 Å². The van der Waals surface area contributed by atoms with Crippen molar-refractivity contribution in [2.24, 2.45) is 40.1 Å². The maximum Gasteiger partial charge on any atom is 0.328 e. The van der Waals surface area contributed by atoms with Crippen LogP contribution in [0.5, 0.6) is 0 Å². The number of H-pyrrole nitrogens is 1. The van der Waals surface area contributed by atoms with Gasteiger partial charge in [-0.1, -0.05) is 42.5 Å². The van der Waals surface area contributed by atoms with E-state index in [4.69, 9.17) is 11.5 Å². The summed E-state index contributed by atoms with van der Waals surface area (Å²) >= 11 is 0. The number of carbonyl (C=O) groups excluding carboxylic acids is 2. The molecule has 12 N–H and O–H groups in total. The van der Waals surface area contributed by atoms with Crippen LogP contribution < -0.4 is 22.1 Å². The van der Waals surface area contributed by atoms with Crippen molar-refractivity contribution in [1.82, 2.24) is 10.3 Å². The first-order valence-corrected chi connectivity index (χ1v) is 20.9. The number of nitrogens with zero attached hydrogens (tertiary/aromatic N) is 1. The number of carboxylic acid groups (broad SMARTS) is 1. The highest BCUT2D eigenvalue weighted by Crippen LogP contribution is 2.52. The Morgan fingerprint density at radius 1 is 1.03 bits per heavy atom. The lowest BCUT2D eigenvalue weighted by Gasteiger charge is -2.47. The minimum Gasteiger partial charge on any atom is -0.478 e. The molecule has 0 saturated heterocycles. The first-order valence-electron chi connectivity index (χ1n) is 20.9. The zero-order valence-electron chi connectivity index (χ0n) is 33.4. The van der Waals surface area contributed by atoms with Crippen LogP contribution in [-0.2, 0) is 27.2 Å². The largest absolute Gasteiger partial charge is 0.478 e. The number of nitrogens with one attached hydrogen (secondary N) is 3. The molecule has 0 radical (unpaired) electrons. The SMILES string of the molecule is NC1=N[C@H](/C(=C\C(=O)O)[C@@H](C[C@@H]2[C@@H]3c4cc5cc(CC=O)ccc5cc4C[C@H]2C=C[C@@H]3CC[C@H](N)CC[C@H](C=O)CCCO)Nc2ccc[nH]2)C[C@H]([C@H](O)[C@H](O)CO)N1. The van der Waals surface area contributed by atoms with Crippen LogP contribution >= 0.6 is 0 Å². The second kappa shape index (κ2) is 20.4. The number of rotatable bonds is 22. The van der Waals surface area contributed by atoms with E-state index in [1.165, 1.54) is 17.2 Å². The van der Waals surface area contributed by atoms with E-state index in [0.29, 0.717) is 49.9 Å². The molecule has 14 heteroatoms. The Morgan fingerprint density at radius 3 is 2.58 bits per heavy atom. The molecule has 59 heavy (non-hydrogen) atoms. The molecular formula is C45H60N6O8. The molecule has 14 nitrogen and oxygen atoms in total. The highest BCUT2D eigenvalue weighted by Gasteiger charge is 2.44. The van der Waals surface area contributed by atoms with Gasteiger partial charge in [-0.25, -0.2) is 9.79 Å². The van der Waals surface area contributed by atoms with Crippen molar-refractivity contribution in [3.05, 3.63) is 89.2 Å². The zero-order chi connectivity index (χ0) is 42.1. The summed E-state index contributed by atoms with van der Waals surface area (Å²) in [7, 11) is 0. The second-order valence-electron chi connectivity index (χ2n) is 16.6.